The number of benzene rings is 1. The summed E-state index contributed by atoms with van der Waals surface area (Å²) < 4.78 is 10.3. The fourth-order valence-corrected chi connectivity index (χ4v) is 1.67. The molecular weight excluding hydrogens is 230 g/mol. The number of carbonyl (C=O) groups excluding carboxylic acids is 1. The molecule has 0 heterocycles. The van der Waals surface area contributed by atoms with Crippen molar-refractivity contribution in [2.75, 3.05) is 14.2 Å². The lowest BCUT2D eigenvalue weighted by atomic mass is 9.90. The average Bonchev–Trinajstić information content (AvgIpc) is 2.39. The molecule has 0 bridgehead atoms. The minimum atomic E-state index is -0.759. The molecule has 0 aromatic heterocycles. The predicted octanol–water partition coefficient (Wildman–Crippen LogP) is 2.54. The largest absolute Gasteiger partial charge is 0.493 e. The lowest BCUT2D eigenvalue weighted by Gasteiger charge is -2.14. The molecule has 4 heteroatoms. The quantitative estimate of drug-likeness (QED) is 0.802. The first kappa shape index (κ1) is 14.0. The van der Waals surface area contributed by atoms with Gasteiger partial charge in [-0.3, -0.25) is 4.79 Å². The summed E-state index contributed by atoms with van der Waals surface area (Å²) in [5.74, 6) is 0.0685. The molecule has 0 N–H and O–H groups in total. The summed E-state index contributed by atoms with van der Waals surface area (Å²) in [5, 5.41) is 9.15. The van der Waals surface area contributed by atoms with Gasteiger partial charge >= 0.3 is 0 Å². The Bertz CT molecular complexity index is 474. The number of ketones is 1. The number of nitriles is 1. The second kappa shape index (κ2) is 6.06. The summed E-state index contributed by atoms with van der Waals surface area (Å²) in [6.07, 6.45) is 0. The van der Waals surface area contributed by atoms with Crippen LogP contribution in [0.15, 0.2) is 18.2 Å². The molecule has 1 atom stereocenters. The molecule has 0 aliphatic rings. The molecule has 1 aromatic rings. The molecule has 1 aromatic carbocycles. The first-order valence-electron chi connectivity index (χ1n) is 5.70. The highest BCUT2D eigenvalue weighted by molar-refractivity contribution is 5.90. The number of Topliss-reactive ketones (excluding diaryl/α,β-unsaturated/α-hetero) is 1. The van der Waals surface area contributed by atoms with Gasteiger partial charge in [-0.25, -0.2) is 0 Å². The van der Waals surface area contributed by atoms with Crippen LogP contribution < -0.4 is 9.47 Å². The van der Waals surface area contributed by atoms with Gasteiger partial charge in [0, 0.05) is 5.92 Å². The maximum absolute atomic E-state index is 11.9. The zero-order chi connectivity index (χ0) is 13.7. The molecule has 0 amide bonds. The van der Waals surface area contributed by atoms with E-state index in [1.807, 2.05) is 6.07 Å². The van der Waals surface area contributed by atoms with E-state index in [0.717, 1.165) is 0 Å². The van der Waals surface area contributed by atoms with Gasteiger partial charge in [0.2, 0.25) is 0 Å². The summed E-state index contributed by atoms with van der Waals surface area (Å²) in [4.78, 5) is 11.9. The van der Waals surface area contributed by atoms with Crippen LogP contribution in [0.25, 0.3) is 0 Å². The Labute approximate surface area is 107 Å². The normalized spacial score (nSPS) is 11.8. The number of ether oxygens (including phenoxy) is 2. The first-order chi connectivity index (χ1) is 8.54. The smallest absolute Gasteiger partial charge is 0.161 e. The number of rotatable bonds is 5. The van der Waals surface area contributed by atoms with Crippen LogP contribution in [-0.4, -0.2) is 20.0 Å². The van der Waals surface area contributed by atoms with Gasteiger partial charge in [0.15, 0.2) is 17.3 Å². The highest BCUT2D eigenvalue weighted by Crippen LogP contribution is 2.31. The maximum Gasteiger partial charge on any atom is 0.161 e. The number of carbonyl (C=O) groups is 1. The standard InChI is InChI=1S/C14H17NO3/c1-9(2)14(16)11(8-15)10-5-6-12(17-3)13(7-10)18-4/h5-7,9,11H,1-4H3. The van der Waals surface area contributed by atoms with Crippen LogP contribution >= 0.6 is 0 Å². The van der Waals surface area contributed by atoms with E-state index < -0.39 is 5.92 Å². The molecule has 4 nitrogen and oxygen atoms in total. The van der Waals surface area contributed by atoms with Crippen molar-refractivity contribution in [2.24, 2.45) is 5.92 Å². The lowest BCUT2D eigenvalue weighted by Crippen LogP contribution is -2.16. The molecule has 96 valence electrons. The number of nitrogens with zero attached hydrogens (tertiary/aromatic N) is 1. The second-order valence-electron chi connectivity index (χ2n) is 4.23. The molecule has 0 radical (unpaired) electrons. The third-order valence-electron chi connectivity index (χ3n) is 2.72. The van der Waals surface area contributed by atoms with Gasteiger partial charge in [-0.1, -0.05) is 19.9 Å². The SMILES string of the molecule is COc1ccc(C(C#N)C(=O)C(C)C)cc1OC. The van der Waals surface area contributed by atoms with Crippen molar-refractivity contribution in [1.82, 2.24) is 0 Å². The molecule has 0 aliphatic carbocycles. The molecule has 1 unspecified atom stereocenters. The Morgan fingerprint density at radius 2 is 1.83 bits per heavy atom. The Hall–Kier alpha value is -2.02. The van der Waals surface area contributed by atoms with E-state index in [0.29, 0.717) is 17.1 Å². The second-order valence-corrected chi connectivity index (χ2v) is 4.23. The minimum Gasteiger partial charge on any atom is -0.493 e. The third-order valence-corrected chi connectivity index (χ3v) is 2.72. The van der Waals surface area contributed by atoms with Crippen LogP contribution in [-0.2, 0) is 4.79 Å². The van der Waals surface area contributed by atoms with E-state index in [1.54, 1.807) is 39.2 Å². The Balaban J connectivity index is 3.16. The lowest BCUT2D eigenvalue weighted by molar-refractivity contribution is -0.122. The van der Waals surface area contributed by atoms with E-state index in [1.165, 1.54) is 7.11 Å². The number of hydrogen-bond donors (Lipinski definition) is 0. The third kappa shape index (κ3) is 2.80. The molecule has 0 fully saturated rings. The predicted molar refractivity (Wildman–Crippen MR) is 67.7 cm³/mol. The van der Waals surface area contributed by atoms with Crippen LogP contribution in [0.1, 0.15) is 25.3 Å². The van der Waals surface area contributed by atoms with Crippen LogP contribution in [0.3, 0.4) is 0 Å². The topological polar surface area (TPSA) is 59.3 Å². The zero-order valence-corrected chi connectivity index (χ0v) is 11.1. The van der Waals surface area contributed by atoms with Gasteiger partial charge in [0.1, 0.15) is 5.92 Å². The van der Waals surface area contributed by atoms with Crippen molar-refractivity contribution >= 4 is 5.78 Å². The monoisotopic (exact) mass is 247 g/mol. The Kier molecular flexibility index (Phi) is 4.73. The molecule has 0 saturated heterocycles. The fourth-order valence-electron chi connectivity index (χ4n) is 1.67. The van der Waals surface area contributed by atoms with Gasteiger partial charge in [-0.15, -0.1) is 0 Å². The van der Waals surface area contributed by atoms with Crippen molar-refractivity contribution in [1.29, 1.82) is 5.26 Å². The van der Waals surface area contributed by atoms with Gasteiger partial charge < -0.3 is 9.47 Å². The van der Waals surface area contributed by atoms with Crippen LogP contribution in [0, 0.1) is 17.2 Å². The fraction of sp³-hybridized carbons (Fsp3) is 0.429. The molecular formula is C14H17NO3. The van der Waals surface area contributed by atoms with Crippen molar-refractivity contribution in [3.05, 3.63) is 23.8 Å². The maximum atomic E-state index is 11.9. The van der Waals surface area contributed by atoms with E-state index in [-0.39, 0.29) is 11.7 Å². The van der Waals surface area contributed by atoms with Gasteiger partial charge in [0.25, 0.3) is 0 Å². The molecule has 0 aliphatic heterocycles. The molecule has 18 heavy (non-hydrogen) atoms. The van der Waals surface area contributed by atoms with E-state index >= 15 is 0 Å². The highest BCUT2D eigenvalue weighted by atomic mass is 16.5. The Morgan fingerprint density at radius 1 is 1.22 bits per heavy atom. The summed E-state index contributed by atoms with van der Waals surface area (Å²) in [5.41, 5.74) is 0.633. The summed E-state index contributed by atoms with van der Waals surface area (Å²) in [6, 6.07) is 7.13. The van der Waals surface area contributed by atoms with E-state index in [4.69, 9.17) is 14.7 Å². The summed E-state index contributed by atoms with van der Waals surface area (Å²) in [7, 11) is 3.06. The van der Waals surface area contributed by atoms with E-state index in [9.17, 15) is 4.79 Å². The summed E-state index contributed by atoms with van der Waals surface area (Å²) in [6.45, 7) is 3.57. The highest BCUT2D eigenvalue weighted by Gasteiger charge is 2.23. The zero-order valence-electron chi connectivity index (χ0n) is 11.1. The van der Waals surface area contributed by atoms with Gasteiger partial charge in [0.05, 0.1) is 20.3 Å². The average molecular weight is 247 g/mol. The van der Waals surface area contributed by atoms with Crippen molar-refractivity contribution in [3.63, 3.8) is 0 Å². The van der Waals surface area contributed by atoms with E-state index in [2.05, 4.69) is 0 Å². The van der Waals surface area contributed by atoms with Crippen LogP contribution in [0.5, 0.6) is 11.5 Å². The Morgan fingerprint density at radius 3 is 2.28 bits per heavy atom. The van der Waals surface area contributed by atoms with Gasteiger partial charge in [-0.2, -0.15) is 5.26 Å². The van der Waals surface area contributed by atoms with Crippen molar-refractivity contribution in [3.8, 4) is 17.6 Å². The number of methoxy groups -OCH3 is 2. The van der Waals surface area contributed by atoms with Crippen molar-refractivity contribution in [2.45, 2.75) is 19.8 Å². The first-order valence-corrected chi connectivity index (χ1v) is 5.70. The molecule has 1 rings (SSSR count). The summed E-state index contributed by atoms with van der Waals surface area (Å²) >= 11 is 0. The molecule has 0 saturated carbocycles. The minimum absolute atomic E-state index is 0.0929. The van der Waals surface area contributed by atoms with Gasteiger partial charge in [-0.05, 0) is 17.7 Å². The van der Waals surface area contributed by atoms with Crippen molar-refractivity contribution < 1.29 is 14.3 Å². The molecule has 0 spiro atoms. The van der Waals surface area contributed by atoms with Crippen LogP contribution in [0.4, 0.5) is 0 Å². The van der Waals surface area contributed by atoms with Crippen LogP contribution in [0.2, 0.25) is 0 Å². The number of hydrogen-bond acceptors (Lipinski definition) is 4.